The molecule has 0 saturated heterocycles. The molecule has 3 aromatic carbocycles. The third kappa shape index (κ3) is 6.48. The Kier molecular flexibility index (Phi) is 9.04. The number of benzene rings is 3. The van der Waals surface area contributed by atoms with Gasteiger partial charge in [-0.3, -0.25) is 4.79 Å². The normalized spacial score (nSPS) is 11.1. The second kappa shape index (κ2) is 12.6. The van der Waals surface area contributed by atoms with Crippen molar-refractivity contribution in [1.82, 2.24) is 15.6 Å². The number of nitrogens with one attached hydrogen (secondary N) is 1. The Hall–Kier alpha value is -3.28. The lowest BCUT2D eigenvalue weighted by Gasteiger charge is -2.11. The maximum atomic E-state index is 12.3. The van der Waals surface area contributed by atoms with Gasteiger partial charge in [0.2, 0.25) is 0 Å². The maximum Gasteiger partial charge on any atom is 0.250 e. The molecule has 0 fully saturated rings. The topological polar surface area (TPSA) is 94.9 Å². The molecule has 1 amide bonds. The molecule has 11 heteroatoms. The fourth-order valence-corrected chi connectivity index (χ4v) is 6.18. The molecule has 0 aliphatic carbocycles. The van der Waals surface area contributed by atoms with E-state index in [-0.39, 0.29) is 11.7 Å². The summed E-state index contributed by atoms with van der Waals surface area (Å²) < 4.78 is 17.5. The summed E-state index contributed by atoms with van der Waals surface area (Å²) in [6.07, 6.45) is 1.50. The highest BCUT2D eigenvalue weighted by molar-refractivity contribution is 8.03. The summed E-state index contributed by atoms with van der Waals surface area (Å²) in [5.41, 5.74) is 4.42. The summed E-state index contributed by atoms with van der Waals surface area (Å²) in [6, 6.07) is 18.1. The summed E-state index contributed by atoms with van der Waals surface area (Å²) >= 11 is 4.44. The number of aromatic nitrogens is 2. The number of hydrazone groups is 1. The first-order valence-corrected chi connectivity index (χ1v) is 13.6. The number of hydrogen-bond donors (Lipinski definition) is 1. The summed E-state index contributed by atoms with van der Waals surface area (Å²) in [6.45, 7) is 0. The quantitative estimate of drug-likeness (QED) is 0.157. The van der Waals surface area contributed by atoms with Gasteiger partial charge in [0, 0.05) is 17.4 Å². The monoisotopic (exact) mass is 540 g/mol. The molecule has 8 nitrogen and oxygen atoms in total. The first kappa shape index (κ1) is 25.8. The Bertz CT molecular complexity index is 1370. The highest BCUT2D eigenvalue weighted by Gasteiger charge is 2.12. The van der Waals surface area contributed by atoms with Crippen LogP contribution in [0.5, 0.6) is 17.2 Å². The molecule has 0 saturated carbocycles. The van der Waals surface area contributed by atoms with Crippen molar-refractivity contribution >= 4 is 57.8 Å². The van der Waals surface area contributed by atoms with Crippen LogP contribution in [0.4, 0.5) is 0 Å². The molecule has 1 heterocycles. The Morgan fingerprint density at radius 2 is 1.64 bits per heavy atom. The number of ether oxygens (including phenoxy) is 3. The molecule has 0 unspecified atom stereocenters. The first-order chi connectivity index (χ1) is 17.6. The second-order valence-electron chi connectivity index (χ2n) is 7.29. The van der Waals surface area contributed by atoms with Gasteiger partial charge >= 0.3 is 0 Å². The maximum absolute atomic E-state index is 12.3. The van der Waals surface area contributed by atoms with E-state index < -0.39 is 0 Å². The van der Waals surface area contributed by atoms with Crippen LogP contribution in [0.15, 0.2) is 68.4 Å². The molecule has 36 heavy (non-hydrogen) atoms. The van der Waals surface area contributed by atoms with Crippen LogP contribution in [0, 0.1) is 0 Å². The molecular formula is C25H24N4O4S3. The van der Waals surface area contributed by atoms with Crippen molar-refractivity contribution < 1.29 is 19.0 Å². The van der Waals surface area contributed by atoms with Crippen LogP contribution in [0.1, 0.15) is 11.1 Å². The lowest BCUT2D eigenvalue weighted by Crippen LogP contribution is -2.19. The minimum atomic E-state index is -0.254. The number of amides is 1. The van der Waals surface area contributed by atoms with Crippen LogP contribution in [0.2, 0.25) is 0 Å². The van der Waals surface area contributed by atoms with Crippen LogP contribution >= 0.6 is 34.9 Å². The summed E-state index contributed by atoms with van der Waals surface area (Å²) in [5, 5.41) is 15.0. The molecule has 4 rings (SSSR count). The zero-order valence-electron chi connectivity index (χ0n) is 19.9. The molecule has 0 bridgehead atoms. The van der Waals surface area contributed by atoms with Crippen molar-refractivity contribution in [3.05, 3.63) is 65.7 Å². The van der Waals surface area contributed by atoms with Gasteiger partial charge in [-0.1, -0.05) is 77.3 Å². The Morgan fingerprint density at radius 1 is 0.944 bits per heavy atom. The van der Waals surface area contributed by atoms with Crippen molar-refractivity contribution in [3.63, 3.8) is 0 Å². The largest absolute Gasteiger partial charge is 0.496 e. The van der Waals surface area contributed by atoms with Gasteiger partial charge in [0.15, 0.2) is 20.2 Å². The molecule has 1 aromatic heterocycles. The van der Waals surface area contributed by atoms with E-state index in [4.69, 9.17) is 14.2 Å². The van der Waals surface area contributed by atoms with Crippen molar-refractivity contribution in [1.29, 1.82) is 0 Å². The molecule has 0 aliphatic heterocycles. The van der Waals surface area contributed by atoms with Crippen molar-refractivity contribution in [3.8, 4) is 17.2 Å². The number of carbonyl (C=O) groups is 1. The van der Waals surface area contributed by atoms with Gasteiger partial charge in [-0.05, 0) is 22.4 Å². The summed E-state index contributed by atoms with van der Waals surface area (Å²) in [5.74, 6) is 2.34. The van der Waals surface area contributed by atoms with E-state index in [9.17, 15) is 4.79 Å². The predicted octanol–water partition coefficient (Wildman–Crippen LogP) is 5.25. The lowest BCUT2D eigenvalue weighted by molar-refractivity contribution is -0.118. The van der Waals surface area contributed by atoms with Crippen molar-refractivity contribution in [2.45, 2.75) is 14.4 Å². The average Bonchev–Trinajstić information content (AvgIpc) is 3.38. The van der Waals surface area contributed by atoms with E-state index in [1.54, 1.807) is 45.2 Å². The lowest BCUT2D eigenvalue weighted by atomic mass is 10.1. The minimum absolute atomic E-state index is 0.170. The van der Waals surface area contributed by atoms with Gasteiger partial charge in [-0.2, -0.15) is 5.10 Å². The summed E-state index contributed by atoms with van der Waals surface area (Å²) in [7, 11) is 4.64. The number of rotatable bonds is 11. The SMILES string of the molecule is COc1cc(OC)c(OC)cc1C=NNC(=O)CSc1nnc(SCc2cccc3ccccc23)s1. The van der Waals surface area contributed by atoms with Crippen LogP contribution in [-0.4, -0.2) is 49.4 Å². The van der Waals surface area contributed by atoms with Gasteiger partial charge in [-0.15, -0.1) is 10.2 Å². The van der Waals surface area contributed by atoms with E-state index >= 15 is 0 Å². The van der Waals surface area contributed by atoms with E-state index in [0.29, 0.717) is 22.8 Å². The molecule has 1 N–H and O–H groups in total. The number of fused-ring (bicyclic) bond motifs is 1. The van der Waals surface area contributed by atoms with Gasteiger partial charge < -0.3 is 14.2 Å². The average molecular weight is 541 g/mol. The van der Waals surface area contributed by atoms with Gasteiger partial charge in [-0.25, -0.2) is 5.43 Å². The van der Waals surface area contributed by atoms with Gasteiger partial charge in [0.25, 0.3) is 5.91 Å². The fourth-order valence-electron chi connectivity index (χ4n) is 3.36. The van der Waals surface area contributed by atoms with E-state index in [0.717, 1.165) is 14.4 Å². The van der Waals surface area contributed by atoms with Crippen LogP contribution in [0.3, 0.4) is 0 Å². The Labute approximate surface area is 221 Å². The number of hydrogen-bond acceptors (Lipinski definition) is 10. The summed E-state index contributed by atoms with van der Waals surface area (Å²) in [4.78, 5) is 12.3. The predicted molar refractivity (Wildman–Crippen MR) is 146 cm³/mol. The Morgan fingerprint density at radius 3 is 2.42 bits per heavy atom. The van der Waals surface area contributed by atoms with E-state index in [1.807, 2.05) is 6.07 Å². The van der Waals surface area contributed by atoms with E-state index in [2.05, 4.69) is 57.1 Å². The first-order valence-electron chi connectivity index (χ1n) is 10.8. The molecular weight excluding hydrogens is 517 g/mol. The highest BCUT2D eigenvalue weighted by Crippen LogP contribution is 2.34. The number of thioether (sulfide) groups is 2. The van der Waals surface area contributed by atoms with Crippen LogP contribution in [-0.2, 0) is 10.5 Å². The third-order valence-corrected chi connectivity index (χ3v) is 8.31. The molecule has 4 aromatic rings. The molecule has 186 valence electrons. The van der Waals surface area contributed by atoms with Gasteiger partial charge in [0.05, 0.1) is 33.3 Å². The van der Waals surface area contributed by atoms with Crippen LogP contribution in [0.25, 0.3) is 10.8 Å². The van der Waals surface area contributed by atoms with Crippen molar-refractivity contribution in [2.24, 2.45) is 5.10 Å². The van der Waals surface area contributed by atoms with Crippen LogP contribution < -0.4 is 19.6 Å². The zero-order chi connectivity index (χ0) is 25.3. The molecule has 0 atom stereocenters. The zero-order valence-corrected chi connectivity index (χ0v) is 22.3. The molecule has 0 aliphatic rings. The minimum Gasteiger partial charge on any atom is -0.496 e. The van der Waals surface area contributed by atoms with E-state index in [1.165, 1.54) is 45.6 Å². The third-order valence-electron chi connectivity index (χ3n) is 5.07. The Balaban J connectivity index is 1.28. The second-order valence-corrected chi connectivity index (χ2v) is 10.7. The standard InChI is InChI=1S/C25H24N4O4S3/c1-31-20-12-22(33-3)21(32-2)11-18(20)13-26-27-23(30)15-35-25-29-28-24(36-25)34-14-17-9-6-8-16-7-4-5-10-19(16)17/h4-13H,14-15H2,1-3H3,(H,27,30). The fraction of sp³-hybridized carbons (Fsp3) is 0.200. The smallest absolute Gasteiger partial charge is 0.250 e. The number of carbonyl (C=O) groups excluding carboxylic acids is 1. The highest BCUT2D eigenvalue weighted by atomic mass is 32.2. The number of nitrogens with zero attached hydrogens (tertiary/aromatic N) is 3. The number of methoxy groups -OCH3 is 3. The molecule has 0 radical (unpaired) electrons. The van der Waals surface area contributed by atoms with Gasteiger partial charge in [0.1, 0.15) is 5.75 Å². The van der Waals surface area contributed by atoms with Crippen molar-refractivity contribution in [2.75, 3.05) is 27.1 Å². The molecule has 0 spiro atoms.